The Morgan fingerprint density at radius 2 is 0.934 bits per heavy atom. The van der Waals surface area contributed by atoms with Gasteiger partial charge >= 0.3 is 0 Å². The van der Waals surface area contributed by atoms with E-state index in [0.717, 1.165) is 11.4 Å². The molecule has 1 nitrogen and oxygen atoms in total. The standard InChI is InChI=1S/C59H37NS/c1-3-15-38(16-4-1)39-29-32-42(33-30-39)60(54-27-14-24-50-48-22-9-12-28-55(48)61-58(50)54)43-34-36-47-45-20-7-10-25-51(45)59(53(47)37-43)52-26-11-8-21-46(52)49-23-13-19-41-31-35-44(57(59)56(41)49)40-17-5-2-6-18-40/h1-37H. The lowest BCUT2D eigenvalue weighted by Crippen LogP contribution is -2.32. The van der Waals surface area contributed by atoms with Gasteiger partial charge in [0.2, 0.25) is 0 Å². The Labute approximate surface area is 359 Å². The van der Waals surface area contributed by atoms with Crippen molar-refractivity contribution in [1.29, 1.82) is 0 Å². The number of rotatable bonds is 5. The molecule has 1 aromatic heterocycles. The zero-order valence-electron chi connectivity index (χ0n) is 33.2. The third kappa shape index (κ3) is 4.88. The highest BCUT2D eigenvalue weighted by atomic mass is 32.1. The van der Waals surface area contributed by atoms with E-state index in [1.807, 2.05) is 11.3 Å². The molecule has 0 fully saturated rings. The summed E-state index contributed by atoms with van der Waals surface area (Å²) >= 11 is 1.88. The van der Waals surface area contributed by atoms with E-state index in [0.29, 0.717) is 0 Å². The number of hydrogen-bond acceptors (Lipinski definition) is 2. The quantitative estimate of drug-likeness (QED) is 0.168. The second-order valence-corrected chi connectivity index (χ2v) is 17.4. The van der Waals surface area contributed by atoms with Crippen molar-refractivity contribution in [3.63, 3.8) is 0 Å². The first-order chi connectivity index (χ1) is 30.3. The molecule has 1 unspecified atom stereocenters. The monoisotopic (exact) mass is 791 g/mol. The van der Waals surface area contributed by atoms with Gasteiger partial charge in [0, 0.05) is 26.8 Å². The van der Waals surface area contributed by atoms with Crippen LogP contribution in [0, 0.1) is 0 Å². The van der Waals surface area contributed by atoms with Crippen LogP contribution in [0.25, 0.3) is 75.5 Å². The zero-order chi connectivity index (χ0) is 40.1. The third-order valence-corrected chi connectivity index (χ3v) is 14.5. The molecule has 2 aliphatic rings. The van der Waals surface area contributed by atoms with Crippen LogP contribution in [0.5, 0.6) is 0 Å². The molecule has 13 rings (SSSR count). The highest BCUT2D eigenvalue weighted by Crippen LogP contribution is 2.64. The summed E-state index contributed by atoms with van der Waals surface area (Å²) in [6.45, 7) is 0. The van der Waals surface area contributed by atoms with Gasteiger partial charge in [0.25, 0.3) is 0 Å². The highest BCUT2D eigenvalue weighted by molar-refractivity contribution is 7.26. The Balaban J connectivity index is 1.14. The number of anilines is 3. The summed E-state index contributed by atoms with van der Waals surface area (Å²) in [5.41, 5.74) is 18.2. The smallest absolute Gasteiger partial charge is 0.0732 e. The van der Waals surface area contributed by atoms with Gasteiger partial charge in [-0.25, -0.2) is 0 Å². The molecule has 10 aromatic carbocycles. The predicted octanol–water partition coefficient (Wildman–Crippen LogP) is 16.4. The Hall–Kier alpha value is -7.52. The molecule has 0 N–H and O–H groups in total. The van der Waals surface area contributed by atoms with Gasteiger partial charge in [-0.1, -0.05) is 188 Å². The molecule has 2 heteroatoms. The van der Waals surface area contributed by atoms with Crippen molar-refractivity contribution in [3.8, 4) is 44.5 Å². The van der Waals surface area contributed by atoms with E-state index in [9.17, 15) is 0 Å². The SMILES string of the molecule is c1ccc(-c2ccc(N(c3ccc4c(c3)C3(c5ccccc5-4)c4ccccc4-c4cccc5ccc(-c6ccccc6)c3c45)c3cccc4c3sc3ccccc34)cc2)cc1. The van der Waals surface area contributed by atoms with Gasteiger partial charge in [-0.3, -0.25) is 0 Å². The van der Waals surface area contributed by atoms with Crippen molar-refractivity contribution in [2.24, 2.45) is 0 Å². The van der Waals surface area contributed by atoms with E-state index in [4.69, 9.17) is 0 Å². The minimum atomic E-state index is -0.593. The van der Waals surface area contributed by atoms with Gasteiger partial charge in [-0.05, 0) is 114 Å². The first-order valence-corrected chi connectivity index (χ1v) is 21.9. The lowest BCUT2D eigenvalue weighted by Gasteiger charge is -2.41. The van der Waals surface area contributed by atoms with Crippen LogP contribution in [-0.2, 0) is 5.41 Å². The largest absolute Gasteiger partial charge is 0.309 e. The van der Waals surface area contributed by atoms with Crippen LogP contribution in [0.15, 0.2) is 224 Å². The number of nitrogens with zero attached hydrogens (tertiary/aromatic N) is 1. The van der Waals surface area contributed by atoms with E-state index >= 15 is 0 Å². The maximum absolute atomic E-state index is 2.53. The molecule has 0 radical (unpaired) electrons. The molecule has 0 aliphatic heterocycles. The van der Waals surface area contributed by atoms with E-state index in [2.05, 4.69) is 229 Å². The molecule has 1 spiro atoms. The van der Waals surface area contributed by atoms with Crippen LogP contribution in [0.4, 0.5) is 17.1 Å². The maximum atomic E-state index is 2.53. The molecule has 0 amide bonds. The fourth-order valence-electron chi connectivity index (χ4n) is 10.8. The van der Waals surface area contributed by atoms with Crippen LogP contribution in [0.2, 0.25) is 0 Å². The average molecular weight is 792 g/mol. The lowest BCUT2D eigenvalue weighted by atomic mass is 9.60. The number of thiophene rings is 1. The lowest BCUT2D eigenvalue weighted by molar-refractivity contribution is 0.775. The van der Waals surface area contributed by atoms with Gasteiger partial charge in [-0.2, -0.15) is 0 Å². The van der Waals surface area contributed by atoms with Crippen molar-refractivity contribution in [2.45, 2.75) is 5.41 Å². The Morgan fingerprint density at radius 1 is 0.361 bits per heavy atom. The normalized spacial score (nSPS) is 14.6. The van der Waals surface area contributed by atoms with E-state index in [-0.39, 0.29) is 0 Å². The van der Waals surface area contributed by atoms with Crippen molar-refractivity contribution in [2.75, 3.05) is 4.90 Å². The number of hydrogen-bond donors (Lipinski definition) is 0. The van der Waals surface area contributed by atoms with E-state index in [1.165, 1.54) is 103 Å². The summed E-state index contributed by atoms with van der Waals surface area (Å²) in [5, 5.41) is 5.18. The van der Waals surface area contributed by atoms with Crippen molar-refractivity contribution >= 4 is 59.3 Å². The molecule has 0 bridgehead atoms. The molecule has 11 aromatic rings. The van der Waals surface area contributed by atoms with Crippen LogP contribution in [0.1, 0.15) is 22.3 Å². The van der Waals surface area contributed by atoms with Crippen LogP contribution in [-0.4, -0.2) is 0 Å². The predicted molar refractivity (Wildman–Crippen MR) is 259 cm³/mol. The fraction of sp³-hybridized carbons (Fsp3) is 0.0169. The summed E-state index contributed by atoms with van der Waals surface area (Å²) in [6, 6.07) is 83.7. The molecular weight excluding hydrogens is 755 g/mol. The highest BCUT2D eigenvalue weighted by Gasteiger charge is 2.51. The minimum absolute atomic E-state index is 0.593. The molecule has 0 saturated heterocycles. The zero-order valence-corrected chi connectivity index (χ0v) is 34.0. The summed E-state index contributed by atoms with van der Waals surface area (Å²) in [6.07, 6.45) is 0. The molecule has 284 valence electrons. The van der Waals surface area contributed by atoms with Gasteiger partial charge < -0.3 is 4.90 Å². The van der Waals surface area contributed by atoms with Crippen LogP contribution < -0.4 is 4.90 Å². The van der Waals surface area contributed by atoms with Crippen molar-refractivity contribution in [1.82, 2.24) is 0 Å². The number of benzene rings is 10. The second kappa shape index (κ2) is 13.2. The molecule has 1 atom stereocenters. The van der Waals surface area contributed by atoms with Gasteiger partial charge in [-0.15, -0.1) is 11.3 Å². The molecule has 2 aliphatic carbocycles. The second-order valence-electron chi connectivity index (χ2n) is 16.3. The van der Waals surface area contributed by atoms with Crippen molar-refractivity contribution in [3.05, 3.63) is 247 Å². The summed E-state index contributed by atoms with van der Waals surface area (Å²) in [4.78, 5) is 2.50. The van der Waals surface area contributed by atoms with Gasteiger partial charge in [0.1, 0.15) is 0 Å². The van der Waals surface area contributed by atoms with Crippen LogP contribution in [0.3, 0.4) is 0 Å². The topological polar surface area (TPSA) is 3.24 Å². The average Bonchev–Trinajstić information content (AvgIpc) is 3.86. The molecule has 1 heterocycles. The Morgan fingerprint density at radius 3 is 1.72 bits per heavy atom. The minimum Gasteiger partial charge on any atom is -0.309 e. The third-order valence-electron chi connectivity index (χ3n) is 13.3. The first-order valence-electron chi connectivity index (χ1n) is 21.1. The first kappa shape index (κ1) is 34.4. The van der Waals surface area contributed by atoms with Gasteiger partial charge in [0.05, 0.1) is 15.8 Å². The Bertz CT molecular complexity index is 3530. The van der Waals surface area contributed by atoms with E-state index < -0.39 is 5.41 Å². The van der Waals surface area contributed by atoms with Crippen molar-refractivity contribution < 1.29 is 0 Å². The van der Waals surface area contributed by atoms with E-state index in [1.54, 1.807) is 0 Å². The summed E-state index contributed by atoms with van der Waals surface area (Å²) in [7, 11) is 0. The van der Waals surface area contributed by atoms with Gasteiger partial charge in [0.15, 0.2) is 0 Å². The fourth-order valence-corrected chi connectivity index (χ4v) is 12.0. The maximum Gasteiger partial charge on any atom is 0.0732 e. The molecule has 0 saturated carbocycles. The Kier molecular flexibility index (Phi) is 7.46. The molecule has 61 heavy (non-hydrogen) atoms. The summed E-state index contributed by atoms with van der Waals surface area (Å²) < 4.78 is 2.58. The molecular formula is C59H37NS. The summed E-state index contributed by atoms with van der Waals surface area (Å²) in [5.74, 6) is 0. The van der Waals surface area contributed by atoms with Crippen LogP contribution >= 0.6 is 11.3 Å². The number of fused-ring (bicyclic) bond motifs is 12.